The van der Waals surface area contributed by atoms with Crippen LogP contribution in [0.3, 0.4) is 0 Å². The molecule has 2 aliphatic carbocycles. The molecule has 0 saturated heterocycles. The van der Waals surface area contributed by atoms with Gasteiger partial charge >= 0.3 is 0 Å². The van der Waals surface area contributed by atoms with E-state index in [4.69, 9.17) is 0 Å². The Labute approximate surface area is 229 Å². The lowest BCUT2D eigenvalue weighted by molar-refractivity contribution is 1.20. The summed E-state index contributed by atoms with van der Waals surface area (Å²) in [5.41, 5.74) is 18.4. The maximum atomic E-state index is 3.90. The van der Waals surface area contributed by atoms with E-state index in [1.165, 1.54) is 89.9 Å². The largest absolute Gasteiger partial charge is 0.138 e. The van der Waals surface area contributed by atoms with Crippen LogP contribution in [0.1, 0.15) is 52.7 Å². The molecule has 188 valence electrons. The first kappa shape index (κ1) is 26.1. The molecule has 1 heterocycles. The quantitative estimate of drug-likeness (QED) is 0.221. The van der Waals surface area contributed by atoms with Gasteiger partial charge in [-0.25, -0.2) is 0 Å². The molecule has 2 aromatic carbocycles. The summed E-state index contributed by atoms with van der Waals surface area (Å²) in [6.07, 6.45) is 0. The van der Waals surface area contributed by atoms with E-state index in [-0.39, 0.29) is 0 Å². The fourth-order valence-electron chi connectivity index (χ4n) is 6.05. The molecule has 0 aliphatic heterocycles. The van der Waals surface area contributed by atoms with Crippen molar-refractivity contribution in [1.29, 1.82) is 0 Å². The Morgan fingerprint density at radius 1 is 0.514 bits per heavy atom. The topological polar surface area (TPSA) is 0 Å². The Kier molecular flexibility index (Phi) is 7.25. The molecule has 37 heavy (non-hydrogen) atoms. The number of thiophene rings is 1. The SMILES string of the molecule is CC[Si](C#CC1=c2sc3c(c2-c2ccccc21)-c1ccccc1C=3C#C[Si](CC)(CC)CC)(CC)CC. The summed E-state index contributed by atoms with van der Waals surface area (Å²) in [5, 5.41) is 0. The van der Waals surface area contributed by atoms with Gasteiger partial charge in [0.2, 0.25) is 0 Å². The smallest absolute Gasteiger partial charge is 0.132 e. The highest BCUT2D eigenvalue weighted by Crippen LogP contribution is 2.43. The Morgan fingerprint density at radius 3 is 1.16 bits per heavy atom. The van der Waals surface area contributed by atoms with E-state index < -0.39 is 16.1 Å². The molecular formula is C34H38SSi2. The van der Waals surface area contributed by atoms with Gasteiger partial charge in [-0.15, -0.1) is 22.4 Å². The minimum absolute atomic E-state index is 1.23. The zero-order chi connectivity index (χ0) is 26.2. The predicted octanol–water partition coefficient (Wildman–Crippen LogP) is 8.21. The molecule has 0 radical (unpaired) electrons. The summed E-state index contributed by atoms with van der Waals surface area (Å²) in [6.45, 7) is 14.1. The van der Waals surface area contributed by atoms with Crippen molar-refractivity contribution in [3.8, 4) is 45.2 Å². The summed E-state index contributed by atoms with van der Waals surface area (Å²) in [7, 11) is -3.09. The van der Waals surface area contributed by atoms with Gasteiger partial charge in [0.15, 0.2) is 0 Å². The Hall–Kier alpha value is -2.57. The van der Waals surface area contributed by atoms with E-state index in [1.807, 2.05) is 11.3 Å². The first-order valence-corrected chi connectivity index (χ1v) is 20.2. The molecule has 0 bridgehead atoms. The molecule has 0 N–H and O–H groups in total. The Balaban J connectivity index is 1.84. The average molecular weight is 535 g/mol. The zero-order valence-corrected chi connectivity index (χ0v) is 26.1. The van der Waals surface area contributed by atoms with Crippen LogP contribution in [0.2, 0.25) is 36.3 Å². The third-order valence-corrected chi connectivity index (χ3v) is 19.9. The number of rotatable bonds is 6. The van der Waals surface area contributed by atoms with Gasteiger partial charge in [0.25, 0.3) is 0 Å². The monoisotopic (exact) mass is 534 g/mol. The summed E-state index contributed by atoms with van der Waals surface area (Å²) >= 11 is 1.94. The molecule has 1 aromatic heterocycles. The molecule has 0 amide bonds. The molecule has 0 unspecified atom stereocenters. The molecule has 0 fully saturated rings. The van der Waals surface area contributed by atoms with Gasteiger partial charge in [0.1, 0.15) is 16.1 Å². The van der Waals surface area contributed by atoms with Crippen LogP contribution in [0.15, 0.2) is 48.5 Å². The van der Waals surface area contributed by atoms with Gasteiger partial charge < -0.3 is 0 Å². The average Bonchev–Trinajstić information content (AvgIpc) is 3.57. The van der Waals surface area contributed by atoms with E-state index in [0.29, 0.717) is 0 Å². The number of fused-ring (bicyclic) bond motifs is 7. The first-order valence-electron chi connectivity index (χ1n) is 14.2. The summed E-state index contributed by atoms with van der Waals surface area (Å²) < 4.78 is 2.73. The van der Waals surface area contributed by atoms with E-state index >= 15 is 0 Å². The lowest BCUT2D eigenvalue weighted by atomic mass is 9.97. The third-order valence-electron chi connectivity index (χ3n) is 9.26. The Bertz CT molecular complexity index is 1470. The molecule has 5 rings (SSSR count). The highest BCUT2D eigenvalue weighted by molar-refractivity contribution is 7.09. The molecule has 0 atom stereocenters. The third kappa shape index (κ3) is 4.13. The molecule has 0 saturated carbocycles. The van der Waals surface area contributed by atoms with Crippen LogP contribution in [0.4, 0.5) is 0 Å². The van der Waals surface area contributed by atoms with E-state index in [2.05, 4.69) is 113 Å². The molecule has 3 heteroatoms. The van der Waals surface area contributed by atoms with Crippen molar-refractivity contribution in [3.63, 3.8) is 0 Å². The van der Waals surface area contributed by atoms with Crippen molar-refractivity contribution in [3.05, 3.63) is 68.7 Å². The van der Waals surface area contributed by atoms with Crippen LogP contribution in [-0.2, 0) is 0 Å². The molecule has 0 spiro atoms. The number of hydrogen-bond donors (Lipinski definition) is 0. The van der Waals surface area contributed by atoms with Crippen molar-refractivity contribution >= 4 is 38.6 Å². The highest BCUT2D eigenvalue weighted by Gasteiger charge is 2.32. The summed E-state index contributed by atoms with van der Waals surface area (Å²) in [5.74, 6) is 7.60. The number of hydrogen-bond acceptors (Lipinski definition) is 1. The van der Waals surface area contributed by atoms with Crippen molar-refractivity contribution < 1.29 is 0 Å². The van der Waals surface area contributed by atoms with Crippen LogP contribution in [0, 0.1) is 22.9 Å². The van der Waals surface area contributed by atoms with Gasteiger partial charge in [-0.1, -0.05) is 102 Å². The fourth-order valence-corrected chi connectivity index (χ4v) is 12.2. The molecule has 2 aliphatic rings. The van der Waals surface area contributed by atoms with Crippen LogP contribution >= 0.6 is 11.3 Å². The van der Waals surface area contributed by atoms with Crippen LogP contribution in [0.5, 0.6) is 0 Å². The maximum absolute atomic E-state index is 3.90. The van der Waals surface area contributed by atoms with E-state index in [0.717, 1.165) is 0 Å². The summed E-state index contributed by atoms with van der Waals surface area (Å²) in [6, 6.07) is 25.2. The van der Waals surface area contributed by atoms with Crippen LogP contribution in [-0.4, -0.2) is 16.1 Å². The normalized spacial score (nSPS) is 13.2. The second kappa shape index (κ2) is 10.3. The minimum Gasteiger partial charge on any atom is -0.132 e. The second-order valence-electron chi connectivity index (χ2n) is 10.5. The van der Waals surface area contributed by atoms with Crippen molar-refractivity contribution in [2.45, 2.75) is 77.8 Å². The summed E-state index contributed by atoms with van der Waals surface area (Å²) in [4.78, 5) is 0. The number of benzene rings is 2. The molecule has 0 nitrogen and oxygen atoms in total. The zero-order valence-electron chi connectivity index (χ0n) is 23.3. The standard InChI is InChI=1S/C34H38SSi2/c1-7-36(8-2,9-3)23-21-29-25-17-13-15-19-27(25)31-32-28-20-16-14-18-26(28)30(34(32)35-33(29)31)22-24-37(10-4,11-5)12-6/h13-20H,7-12H2,1-6H3. The minimum atomic E-state index is -1.55. The predicted molar refractivity (Wildman–Crippen MR) is 169 cm³/mol. The van der Waals surface area contributed by atoms with Crippen molar-refractivity contribution in [1.82, 2.24) is 0 Å². The Morgan fingerprint density at radius 2 is 0.838 bits per heavy atom. The van der Waals surface area contributed by atoms with Crippen LogP contribution in [0.25, 0.3) is 33.4 Å². The highest BCUT2D eigenvalue weighted by atomic mass is 32.1. The first-order chi connectivity index (χ1) is 18.0. The van der Waals surface area contributed by atoms with Crippen molar-refractivity contribution in [2.24, 2.45) is 0 Å². The van der Waals surface area contributed by atoms with E-state index in [9.17, 15) is 0 Å². The van der Waals surface area contributed by atoms with Gasteiger partial charge in [0, 0.05) is 22.3 Å². The van der Waals surface area contributed by atoms with Gasteiger partial charge in [-0.2, -0.15) is 0 Å². The van der Waals surface area contributed by atoms with E-state index in [1.54, 1.807) is 0 Å². The van der Waals surface area contributed by atoms with Crippen LogP contribution < -0.4 is 9.06 Å². The fraction of sp³-hybridized carbons (Fsp3) is 0.353. The molecular weight excluding hydrogens is 497 g/mol. The van der Waals surface area contributed by atoms with Gasteiger partial charge in [-0.05, 0) is 58.5 Å². The van der Waals surface area contributed by atoms with Crippen molar-refractivity contribution in [2.75, 3.05) is 0 Å². The van der Waals surface area contributed by atoms with Gasteiger partial charge in [-0.3, -0.25) is 0 Å². The molecule has 3 aromatic rings. The maximum Gasteiger partial charge on any atom is 0.138 e. The van der Waals surface area contributed by atoms with Gasteiger partial charge in [0.05, 0.1) is 9.06 Å². The second-order valence-corrected chi connectivity index (χ2v) is 21.4. The lowest BCUT2D eigenvalue weighted by Gasteiger charge is -2.20. The lowest BCUT2D eigenvalue weighted by Crippen LogP contribution is -2.29.